The van der Waals surface area contributed by atoms with Gasteiger partial charge in [-0.2, -0.15) is 0 Å². The molecule has 1 rings (SSSR count). The van der Waals surface area contributed by atoms with Crippen molar-refractivity contribution in [1.29, 1.82) is 0 Å². The molecule has 1 aromatic rings. The molecular formula is C11H13BrClNO. The van der Waals surface area contributed by atoms with Crippen molar-refractivity contribution in [2.75, 3.05) is 19.7 Å². The zero-order chi connectivity index (χ0) is 11.1. The Bertz CT molecular complexity index is 330. The first-order valence-electron chi connectivity index (χ1n) is 4.63. The van der Waals surface area contributed by atoms with Crippen LogP contribution in [0.1, 0.15) is 0 Å². The molecule has 0 spiro atoms. The molecule has 1 aromatic carbocycles. The number of hydrogen-bond donors (Lipinski definition) is 1. The molecule has 0 heterocycles. The van der Waals surface area contributed by atoms with Gasteiger partial charge in [0, 0.05) is 18.1 Å². The lowest BCUT2D eigenvalue weighted by molar-refractivity contribution is 0.314. The molecule has 2 nitrogen and oxygen atoms in total. The summed E-state index contributed by atoms with van der Waals surface area (Å²) in [6, 6.07) is 5.47. The Hall–Kier alpha value is -0.510. The largest absolute Gasteiger partial charge is 0.491 e. The molecule has 0 bridgehead atoms. The van der Waals surface area contributed by atoms with Crippen molar-refractivity contribution in [3.63, 3.8) is 0 Å². The van der Waals surface area contributed by atoms with Gasteiger partial charge in [0.25, 0.3) is 0 Å². The van der Waals surface area contributed by atoms with E-state index in [0.29, 0.717) is 11.6 Å². The van der Waals surface area contributed by atoms with Crippen LogP contribution in [-0.2, 0) is 0 Å². The molecule has 0 radical (unpaired) electrons. The number of nitrogens with one attached hydrogen (secondary N) is 1. The molecule has 82 valence electrons. The lowest BCUT2D eigenvalue weighted by Gasteiger charge is -2.08. The van der Waals surface area contributed by atoms with Crippen molar-refractivity contribution in [3.8, 4) is 5.75 Å². The maximum absolute atomic E-state index is 5.81. The van der Waals surface area contributed by atoms with Crippen LogP contribution in [-0.4, -0.2) is 19.7 Å². The fraction of sp³-hybridized carbons (Fsp3) is 0.273. The SMILES string of the molecule is C=CCNCCOc1ccc(Cl)cc1Br. The van der Waals surface area contributed by atoms with Gasteiger partial charge in [0.05, 0.1) is 4.47 Å². The minimum absolute atomic E-state index is 0.619. The Morgan fingerprint density at radius 2 is 2.33 bits per heavy atom. The molecule has 1 N–H and O–H groups in total. The minimum atomic E-state index is 0.619. The fourth-order valence-corrected chi connectivity index (χ4v) is 1.83. The van der Waals surface area contributed by atoms with Crippen LogP contribution in [0, 0.1) is 0 Å². The second-order valence-corrected chi connectivity index (χ2v) is 4.21. The van der Waals surface area contributed by atoms with Gasteiger partial charge in [-0.3, -0.25) is 0 Å². The summed E-state index contributed by atoms with van der Waals surface area (Å²) < 4.78 is 6.41. The van der Waals surface area contributed by atoms with Gasteiger partial charge in [-0.15, -0.1) is 6.58 Å². The summed E-state index contributed by atoms with van der Waals surface area (Å²) in [6.45, 7) is 5.82. The smallest absolute Gasteiger partial charge is 0.133 e. The first kappa shape index (κ1) is 12.6. The van der Waals surface area contributed by atoms with Crippen LogP contribution in [0.5, 0.6) is 5.75 Å². The maximum atomic E-state index is 5.81. The predicted octanol–water partition coefficient (Wildman–Crippen LogP) is 3.26. The van der Waals surface area contributed by atoms with Crippen LogP contribution in [0.25, 0.3) is 0 Å². The standard InChI is InChI=1S/C11H13BrClNO/c1-2-5-14-6-7-15-11-4-3-9(13)8-10(11)12/h2-4,8,14H,1,5-7H2. The highest BCUT2D eigenvalue weighted by Crippen LogP contribution is 2.27. The van der Waals surface area contributed by atoms with Gasteiger partial charge in [-0.05, 0) is 34.1 Å². The van der Waals surface area contributed by atoms with Crippen LogP contribution >= 0.6 is 27.5 Å². The van der Waals surface area contributed by atoms with E-state index < -0.39 is 0 Å². The van der Waals surface area contributed by atoms with E-state index in [-0.39, 0.29) is 0 Å². The second kappa shape index (κ2) is 6.88. The second-order valence-electron chi connectivity index (χ2n) is 2.92. The van der Waals surface area contributed by atoms with E-state index in [0.717, 1.165) is 23.3 Å². The maximum Gasteiger partial charge on any atom is 0.133 e. The zero-order valence-electron chi connectivity index (χ0n) is 8.30. The van der Waals surface area contributed by atoms with E-state index in [4.69, 9.17) is 16.3 Å². The molecule has 0 aromatic heterocycles. The summed E-state index contributed by atoms with van der Waals surface area (Å²) in [5, 5.41) is 3.85. The van der Waals surface area contributed by atoms with Gasteiger partial charge in [0.15, 0.2) is 0 Å². The van der Waals surface area contributed by atoms with Crippen molar-refractivity contribution in [2.24, 2.45) is 0 Å². The number of halogens is 2. The van der Waals surface area contributed by atoms with Crippen molar-refractivity contribution in [3.05, 3.63) is 40.3 Å². The summed E-state index contributed by atoms with van der Waals surface area (Å²) in [5.74, 6) is 0.805. The lowest BCUT2D eigenvalue weighted by Crippen LogP contribution is -2.20. The van der Waals surface area contributed by atoms with Crippen LogP contribution < -0.4 is 10.1 Å². The molecule has 15 heavy (non-hydrogen) atoms. The van der Waals surface area contributed by atoms with Gasteiger partial charge >= 0.3 is 0 Å². The van der Waals surface area contributed by atoms with Gasteiger partial charge < -0.3 is 10.1 Å². The van der Waals surface area contributed by atoms with E-state index >= 15 is 0 Å². The highest BCUT2D eigenvalue weighted by Gasteiger charge is 2.00. The fourth-order valence-electron chi connectivity index (χ4n) is 1.03. The zero-order valence-corrected chi connectivity index (χ0v) is 10.6. The third kappa shape index (κ3) is 4.69. The predicted molar refractivity (Wildman–Crippen MR) is 67.7 cm³/mol. The highest BCUT2D eigenvalue weighted by molar-refractivity contribution is 9.10. The van der Waals surface area contributed by atoms with Crippen LogP contribution in [0.4, 0.5) is 0 Å². The normalized spacial score (nSPS) is 10.0. The minimum Gasteiger partial charge on any atom is -0.491 e. The van der Waals surface area contributed by atoms with E-state index in [1.807, 2.05) is 18.2 Å². The molecular weight excluding hydrogens is 277 g/mol. The van der Waals surface area contributed by atoms with Gasteiger partial charge in [0.2, 0.25) is 0 Å². The molecule has 0 aliphatic rings. The van der Waals surface area contributed by atoms with Gasteiger partial charge in [0.1, 0.15) is 12.4 Å². The highest BCUT2D eigenvalue weighted by atomic mass is 79.9. The summed E-state index contributed by atoms with van der Waals surface area (Å²) in [4.78, 5) is 0. The molecule has 0 saturated carbocycles. The summed E-state index contributed by atoms with van der Waals surface area (Å²) in [5.41, 5.74) is 0. The number of hydrogen-bond acceptors (Lipinski definition) is 2. The first-order valence-corrected chi connectivity index (χ1v) is 5.80. The summed E-state index contributed by atoms with van der Waals surface area (Å²) in [6.07, 6.45) is 1.82. The summed E-state index contributed by atoms with van der Waals surface area (Å²) >= 11 is 9.19. The Morgan fingerprint density at radius 3 is 3.00 bits per heavy atom. The molecule has 0 amide bonds. The van der Waals surface area contributed by atoms with E-state index in [1.54, 1.807) is 6.07 Å². The van der Waals surface area contributed by atoms with Crippen LogP contribution in [0.2, 0.25) is 5.02 Å². The van der Waals surface area contributed by atoms with Crippen molar-refractivity contribution < 1.29 is 4.74 Å². The molecule has 0 saturated heterocycles. The average Bonchev–Trinajstić information content (AvgIpc) is 2.20. The third-order valence-corrected chi connectivity index (χ3v) is 2.57. The van der Waals surface area contributed by atoms with Crippen molar-refractivity contribution in [2.45, 2.75) is 0 Å². The quantitative estimate of drug-likeness (QED) is 0.641. The molecule has 4 heteroatoms. The monoisotopic (exact) mass is 289 g/mol. The Kier molecular flexibility index (Phi) is 5.76. The van der Waals surface area contributed by atoms with Gasteiger partial charge in [-0.1, -0.05) is 17.7 Å². The van der Waals surface area contributed by atoms with Crippen LogP contribution in [0.3, 0.4) is 0 Å². The molecule has 0 fully saturated rings. The summed E-state index contributed by atoms with van der Waals surface area (Å²) in [7, 11) is 0. The Labute approximate surface area is 103 Å². The molecule has 0 atom stereocenters. The molecule has 0 aliphatic carbocycles. The third-order valence-electron chi connectivity index (χ3n) is 1.72. The van der Waals surface area contributed by atoms with E-state index in [9.17, 15) is 0 Å². The van der Waals surface area contributed by atoms with Gasteiger partial charge in [-0.25, -0.2) is 0 Å². The average molecular weight is 291 g/mol. The van der Waals surface area contributed by atoms with Crippen molar-refractivity contribution in [1.82, 2.24) is 5.32 Å². The lowest BCUT2D eigenvalue weighted by atomic mass is 10.3. The number of benzene rings is 1. The molecule has 0 aliphatic heterocycles. The first-order chi connectivity index (χ1) is 7.24. The number of ether oxygens (including phenoxy) is 1. The van der Waals surface area contributed by atoms with Crippen molar-refractivity contribution >= 4 is 27.5 Å². The topological polar surface area (TPSA) is 21.3 Å². The number of rotatable bonds is 6. The van der Waals surface area contributed by atoms with Crippen LogP contribution in [0.15, 0.2) is 35.3 Å². The van der Waals surface area contributed by atoms with E-state index in [1.165, 1.54) is 0 Å². The van der Waals surface area contributed by atoms with E-state index in [2.05, 4.69) is 27.8 Å². The Morgan fingerprint density at radius 1 is 1.53 bits per heavy atom. The molecule has 0 unspecified atom stereocenters. The Balaban J connectivity index is 2.34.